The summed E-state index contributed by atoms with van der Waals surface area (Å²) in [5, 5.41) is 0. The Morgan fingerprint density at radius 3 is 2.47 bits per heavy atom. The highest BCUT2D eigenvalue weighted by Crippen LogP contribution is 2.17. The van der Waals surface area contributed by atoms with E-state index in [-0.39, 0.29) is 19.9 Å². The molecule has 3 N–H and O–H groups in total. The second-order valence-electron chi connectivity index (χ2n) is 7.04. The number of rotatable bonds is 6. The fourth-order valence-corrected chi connectivity index (χ4v) is 3.37. The molecule has 1 aliphatic heterocycles. The van der Waals surface area contributed by atoms with Crippen LogP contribution in [0.4, 0.5) is 10.5 Å². The summed E-state index contributed by atoms with van der Waals surface area (Å²) in [7, 11) is 0. The predicted molar refractivity (Wildman–Crippen MR) is 117 cm³/mol. The second kappa shape index (κ2) is 11.2. The van der Waals surface area contributed by atoms with Crippen LogP contribution in [0.15, 0.2) is 42.6 Å². The molecule has 1 aliphatic rings. The maximum atomic E-state index is 11.4. The van der Waals surface area contributed by atoms with Gasteiger partial charge in [0.05, 0.1) is 11.9 Å². The number of amides is 2. The molecule has 30 heavy (non-hydrogen) atoms. The van der Waals surface area contributed by atoms with Crippen LogP contribution in [0, 0.1) is 0 Å². The Morgan fingerprint density at radius 2 is 1.83 bits per heavy atom. The number of piperazine rings is 1. The van der Waals surface area contributed by atoms with Crippen LogP contribution in [-0.4, -0.2) is 48.1 Å². The van der Waals surface area contributed by atoms with E-state index in [9.17, 15) is 9.59 Å². The van der Waals surface area contributed by atoms with Crippen LogP contribution in [0.5, 0.6) is 0 Å². The topological polar surface area (TPSA) is 101 Å². The zero-order chi connectivity index (χ0) is 20.6. The summed E-state index contributed by atoms with van der Waals surface area (Å²) >= 11 is 0. The van der Waals surface area contributed by atoms with Gasteiger partial charge in [0.15, 0.2) is 0 Å². The number of carbonyl (C=O) groups is 2. The van der Waals surface area contributed by atoms with Crippen molar-refractivity contribution in [3.63, 3.8) is 0 Å². The molecule has 1 aromatic carbocycles. The van der Waals surface area contributed by atoms with Crippen molar-refractivity contribution in [2.24, 2.45) is 5.84 Å². The Kier molecular flexibility index (Phi) is 8.61. The van der Waals surface area contributed by atoms with Crippen molar-refractivity contribution in [2.45, 2.75) is 33.8 Å². The summed E-state index contributed by atoms with van der Waals surface area (Å²) in [5.74, 6) is 5.14. The number of nitrogens with two attached hydrogens (primary N) is 1. The molecule has 1 saturated heterocycles. The molecular formula is C22H31N5O3. The Bertz CT molecular complexity index is 833. The minimum atomic E-state index is -0.651. The van der Waals surface area contributed by atoms with Gasteiger partial charge in [0.25, 0.3) is 0 Å². The fourth-order valence-electron chi connectivity index (χ4n) is 3.37. The van der Waals surface area contributed by atoms with Gasteiger partial charge in [0.1, 0.15) is 6.61 Å². The first-order valence-corrected chi connectivity index (χ1v) is 9.72. The van der Waals surface area contributed by atoms with Crippen LogP contribution in [0.25, 0.3) is 0 Å². The molecule has 0 aliphatic carbocycles. The molecule has 0 unspecified atom stereocenters. The van der Waals surface area contributed by atoms with Gasteiger partial charge >= 0.3 is 6.09 Å². The van der Waals surface area contributed by atoms with Crippen LogP contribution >= 0.6 is 0 Å². The minimum Gasteiger partial charge on any atom is -0.444 e. The molecule has 3 rings (SSSR count). The summed E-state index contributed by atoms with van der Waals surface area (Å²) in [6.45, 7) is 4.97. The Morgan fingerprint density at radius 1 is 1.10 bits per heavy atom. The van der Waals surface area contributed by atoms with Crippen molar-refractivity contribution in [3.05, 3.63) is 59.4 Å². The zero-order valence-corrected chi connectivity index (χ0v) is 16.6. The molecule has 0 saturated carbocycles. The van der Waals surface area contributed by atoms with Crippen LogP contribution in [0.2, 0.25) is 0 Å². The van der Waals surface area contributed by atoms with E-state index in [1.54, 1.807) is 6.92 Å². The molecule has 0 bridgehead atoms. The van der Waals surface area contributed by atoms with Gasteiger partial charge in [0, 0.05) is 38.8 Å². The monoisotopic (exact) mass is 413 g/mol. The van der Waals surface area contributed by atoms with Gasteiger partial charge < -0.3 is 14.5 Å². The normalized spacial score (nSPS) is 13.4. The van der Waals surface area contributed by atoms with Gasteiger partial charge in [-0.3, -0.25) is 15.2 Å². The van der Waals surface area contributed by atoms with E-state index in [1.807, 2.05) is 34.7 Å². The quantitative estimate of drug-likeness (QED) is 0.428. The third kappa shape index (κ3) is 6.45. The number of anilines is 1. The molecular weight excluding hydrogens is 382 g/mol. The molecule has 1 aromatic heterocycles. The molecule has 8 nitrogen and oxygen atoms in total. The number of hydrogen-bond donors (Lipinski definition) is 2. The summed E-state index contributed by atoms with van der Waals surface area (Å²) < 4.78 is 4.97. The van der Waals surface area contributed by atoms with Gasteiger partial charge in [-0.2, -0.15) is 0 Å². The maximum Gasteiger partial charge on any atom is 0.421 e. The Hall–Kier alpha value is -3.13. The number of pyridine rings is 1. The first-order chi connectivity index (χ1) is 14.0. The average molecular weight is 414 g/mol. The van der Waals surface area contributed by atoms with Gasteiger partial charge in [-0.1, -0.05) is 31.7 Å². The van der Waals surface area contributed by atoms with Crippen LogP contribution in [0.3, 0.4) is 0 Å². The van der Waals surface area contributed by atoms with Crippen molar-refractivity contribution in [1.82, 2.24) is 15.3 Å². The van der Waals surface area contributed by atoms with E-state index in [0.29, 0.717) is 0 Å². The minimum absolute atomic E-state index is 0. The van der Waals surface area contributed by atoms with Crippen molar-refractivity contribution in [2.75, 3.05) is 31.1 Å². The lowest BCUT2D eigenvalue weighted by atomic mass is 10.1. The van der Waals surface area contributed by atoms with E-state index in [4.69, 9.17) is 10.6 Å². The van der Waals surface area contributed by atoms with Crippen molar-refractivity contribution in [3.8, 4) is 0 Å². The SMILES string of the molecule is C.CC(=O)N1CCN(c2ccc(CCc3cccc(COC(=O)NN)c3)nc2)CC1. The van der Waals surface area contributed by atoms with E-state index < -0.39 is 6.09 Å². The number of carbonyl (C=O) groups excluding carboxylic acids is 2. The van der Waals surface area contributed by atoms with Gasteiger partial charge in [-0.25, -0.2) is 10.6 Å². The fraction of sp³-hybridized carbons (Fsp3) is 0.409. The van der Waals surface area contributed by atoms with E-state index in [0.717, 1.165) is 61.5 Å². The van der Waals surface area contributed by atoms with Gasteiger partial charge in [0.2, 0.25) is 5.91 Å². The lowest BCUT2D eigenvalue weighted by Crippen LogP contribution is -2.48. The molecule has 0 radical (unpaired) electrons. The van der Waals surface area contributed by atoms with Gasteiger partial charge in [-0.05, 0) is 36.1 Å². The molecule has 2 amide bonds. The highest BCUT2D eigenvalue weighted by molar-refractivity contribution is 5.73. The summed E-state index contributed by atoms with van der Waals surface area (Å²) in [4.78, 5) is 31.3. The van der Waals surface area contributed by atoms with Crippen molar-refractivity contribution in [1.29, 1.82) is 0 Å². The van der Waals surface area contributed by atoms with Crippen molar-refractivity contribution < 1.29 is 14.3 Å². The number of hydrogen-bond acceptors (Lipinski definition) is 6. The average Bonchev–Trinajstić information content (AvgIpc) is 2.76. The first-order valence-electron chi connectivity index (χ1n) is 9.72. The largest absolute Gasteiger partial charge is 0.444 e. The lowest BCUT2D eigenvalue weighted by molar-refractivity contribution is -0.129. The van der Waals surface area contributed by atoms with E-state index in [2.05, 4.69) is 28.1 Å². The lowest BCUT2D eigenvalue weighted by Gasteiger charge is -2.35. The van der Waals surface area contributed by atoms with Crippen LogP contribution in [-0.2, 0) is 29.0 Å². The third-order valence-corrected chi connectivity index (χ3v) is 5.05. The van der Waals surface area contributed by atoms with Crippen LogP contribution < -0.4 is 16.2 Å². The molecule has 2 aromatic rings. The summed E-state index contributed by atoms with van der Waals surface area (Å²) in [5.41, 5.74) is 6.14. The molecule has 8 heteroatoms. The molecule has 0 atom stereocenters. The standard InChI is InChI=1S/C21H27N5O3.CH4/c1-16(27)25-9-11-26(12-10-25)20-8-7-19(23-14-20)6-5-17-3-2-4-18(13-17)15-29-21(28)24-22;/h2-4,7-8,13-14H,5-6,9-12,15,22H2,1H3,(H,24,28);1H4. The first kappa shape index (κ1) is 23.2. The smallest absolute Gasteiger partial charge is 0.421 e. The summed E-state index contributed by atoms with van der Waals surface area (Å²) in [6, 6.07) is 12.1. The molecule has 162 valence electrons. The number of nitrogens with zero attached hydrogens (tertiary/aromatic N) is 3. The highest BCUT2D eigenvalue weighted by Gasteiger charge is 2.18. The number of aromatic nitrogens is 1. The number of hydrazine groups is 1. The number of benzene rings is 1. The summed E-state index contributed by atoms with van der Waals surface area (Å²) in [6.07, 6.45) is 2.93. The number of nitrogens with one attached hydrogen (secondary N) is 1. The molecule has 0 spiro atoms. The number of aryl methyl sites for hydroxylation is 2. The zero-order valence-electron chi connectivity index (χ0n) is 16.6. The number of ether oxygens (including phenoxy) is 1. The van der Waals surface area contributed by atoms with Gasteiger partial charge in [-0.15, -0.1) is 0 Å². The highest BCUT2D eigenvalue weighted by atomic mass is 16.5. The van der Waals surface area contributed by atoms with E-state index in [1.165, 1.54) is 0 Å². The molecule has 2 heterocycles. The Labute approximate surface area is 178 Å². The second-order valence-corrected chi connectivity index (χ2v) is 7.04. The molecule has 1 fully saturated rings. The Balaban J connectivity index is 0.00000320. The van der Waals surface area contributed by atoms with Crippen molar-refractivity contribution >= 4 is 17.7 Å². The maximum absolute atomic E-state index is 11.4. The predicted octanol–water partition coefficient (Wildman–Crippen LogP) is 2.27. The third-order valence-electron chi connectivity index (χ3n) is 5.05. The van der Waals surface area contributed by atoms with Crippen LogP contribution in [0.1, 0.15) is 31.2 Å². The van der Waals surface area contributed by atoms with E-state index >= 15 is 0 Å².